The largest absolute Gasteiger partial charge is 0.273 e. The number of rotatable bonds is 3. The molecule has 1 heterocycles. The average molecular weight is 436 g/mol. The summed E-state index contributed by atoms with van der Waals surface area (Å²) in [4.78, 5) is 13.2. The second-order valence-electron chi connectivity index (χ2n) is 5.66. The predicted octanol–water partition coefficient (Wildman–Crippen LogP) is 3.25. The average Bonchev–Trinajstić information content (AvgIpc) is 3.00. The van der Waals surface area contributed by atoms with Gasteiger partial charge in [0, 0.05) is 4.47 Å². The molecule has 2 aromatic carbocycles. The molecule has 27 heavy (non-hydrogen) atoms. The van der Waals surface area contributed by atoms with Gasteiger partial charge in [0.1, 0.15) is 16.8 Å². The zero-order chi connectivity index (χ0) is 19.4. The van der Waals surface area contributed by atoms with Gasteiger partial charge in [-0.25, -0.2) is 0 Å². The summed E-state index contributed by atoms with van der Waals surface area (Å²) < 4.78 is 3.16. The Balaban J connectivity index is 2.46. The van der Waals surface area contributed by atoms with Crippen LogP contribution in [0.15, 0.2) is 57.8 Å². The van der Waals surface area contributed by atoms with Crippen LogP contribution in [-0.2, 0) is 6.42 Å². The standard InChI is InChI=1S/C21H14BrN3OS/c1-2-14-7-4-6-10-18(14)25-20(26)19(27-21(25)16(12-23)13-24)11-15-8-3-5-9-17(15)22/h3-11H,2H2,1H3/b19-11+. The maximum absolute atomic E-state index is 13.2. The quantitative estimate of drug-likeness (QED) is 0.633. The Kier molecular flexibility index (Phi) is 5.71. The molecule has 0 saturated carbocycles. The molecule has 0 atom stereocenters. The topological polar surface area (TPSA) is 69.6 Å². The number of aryl methyl sites for hydroxylation is 1. The number of benzene rings is 2. The molecule has 132 valence electrons. The highest BCUT2D eigenvalue weighted by molar-refractivity contribution is 9.10. The monoisotopic (exact) mass is 435 g/mol. The third-order valence-electron chi connectivity index (χ3n) is 4.07. The van der Waals surface area contributed by atoms with Crippen LogP contribution >= 0.6 is 27.3 Å². The van der Waals surface area contributed by atoms with Gasteiger partial charge >= 0.3 is 0 Å². The lowest BCUT2D eigenvalue weighted by Gasteiger charge is -2.08. The van der Waals surface area contributed by atoms with Gasteiger partial charge < -0.3 is 0 Å². The van der Waals surface area contributed by atoms with Gasteiger partial charge in [-0.1, -0.05) is 59.3 Å². The summed E-state index contributed by atoms with van der Waals surface area (Å²) >= 11 is 4.64. The van der Waals surface area contributed by atoms with Crippen LogP contribution in [0, 0.1) is 22.7 Å². The first-order chi connectivity index (χ1) is 13.1. The first kappa shape index (κ1) is 18.8. The predicted molar refractivity (Wildman–Crippen MR) is 111 cm³/mol. The van der Waals surface area contributed by atoms with Gasteiger partial charge in [-0.3, -0.25) is 9.36 Å². The molecule has 0 spiro atoms. The number of halogens is 1. The van der Waals surface area contributed by atoms with Gasteiger partial charge in [-0.2, -0.15) is 10.5 Å². The molecule has 0 aliphatic heterocycles. The summed E-state index contributed by atoms with van der Waals surface area (Å²) in [6.45, 7) is 2.00. The lowest BCUT2D eigenvalue weighted by molar-refractivity contribution is 0.953. The second kappa shape index (κ2) is 8.18. The summed E-state index contributed by atoms with van der Waals surface area (Å²) in [6, 6.07) is 18.9. The molecule has 3 rings (SSSR count). The summed E-state index contributed by atoms with van der Waals surface area (Å²) in [5.41, 5.74) is 2.21. The zero-order valence-electron chi connectivity index (χ0n) is 14.4. The molecule has 6 heteroatoms. The van der Waals surface area contributed by atoms with Crippen molar-refractivity contribution in [1.82, 2.24) is 4.57 Å². The van der Waals surface area contributed by atoms with Crippen molar-refractivity contribution in [3.63, 3.8) is 0 Å². The van der Waals surface area contributed by atoms with Crippen molar-refractivity contribution in [3.05, 3.63) is 83.7 Å². The molecule has 0 unspecified atom stereocenters. The first-order valence-electron chi connectivity index (χ1n) is 8.21. The normalized spacial score (nSPS) is 11.0. The van der Waals surface area contributed by atoms with Crippen LogP contribution in [0.25, 0.3) is 17.3 Å². The van der Waals surface area contributed by atoms with Gasteiger partial charge in [0.15, 0.2) is 5.57 Å². The highest BCUT2D eigenvalue weighted by Crippen LogP contribution is 2.16. The molecule has 1 aromatic heterocycles. The fourth-order valence-electron chi connectivity index (χ4n) is 2.75. The van der Waals surface area contributed by atoms with E-state index >= 15 is 0 Å². The molecule has 0 amide bonds. The third kappa shape index (κ3) is 3.64. The molecule has 0 radical (unpaired) electrons. The molecule has 0 aliphatic rings. The van der Waals surface area contributed by atoms with Crippen LogP contribution in [0.4, 0.5) is 0 Å². The summed E-state index contributed by atoms with van der Waals surface area (Å²) in [6.07, 6.45) is 2.51. The van der Waals surface area contributed by atoms with E-state index in [9.17, 15) is 15.3 Å². The Bertz CT molecular complexity index is 1260. The van der Waals surface area contributed by atoms with Crippen LogP contribution < -0.4 is 14.8 Å². The highest BCUT2D eigenvalue weighted by atomic mass is 79.9. The fourth-order valence-corrected chi connectivity index (χ4v) is 4.19. The lowest BCUT2D eigenvalue weighted by Crippen LogP contribution is -2.31. The maximum Gasteiger partial charge on any atom is 0.273 e. The van der Waals surface area contributed by atoms with Crippen molar-refractivity contribution in [1.29, 1.82) is 10.5 Å². The SMILES string of the molecule is CCc1ccccc1-n1c(=C(C#N)C#N)s/c(=C/c2ccccc2Br)c1=O. The molecular formula is C21H14BrN3OS. The van der Waals surface area contributed by atoms with Crippen LogP contribution in [0.2, 0.25) is 0 Å². The highest BCUT2D eigenvalue weighted by Gasteiger charge is 2.13. The third-order valence-corrected chi connectivity index (χ3v) is 5.88. The van der Waals surface area contributed by atoms with E-state index in [2.05, 4.69) is 15.9 Å². The Labute approximate surface area is 168 Å². The van der Waals surface area contributed by atoms with Gasteiger partial charge in [0.25, 0.3) is 5.56 Å². The Morgan fingerprint density at radius 3 is 2.48 bits per heavy atom. The van der Waals surface area contributed by atoms with Crippen LogP contribution in [0.3, 0.4) is 0 Å². The smallest absolute Gasteiger partial charge is 0.267 e. The Hall–Kier alpha value is -2.93. The van der Waals surface area contributed by atoms with Gasteiger partial charge in [-0.05, 0) is 35.8 Å². The van der Waals surface area contributed by atoms with Crippen LogP contribution in [0.5, 0.6) is 0 Å². The summed E-state index contributed by atoms with van der Waals surface area (Å²) in [7, 11) is 0. The van der Waals surface area contributed by atoms with Crippen LogP contribution in [-0.4, -0.2) is 4.57 Å². The summed E-state index contributed by atoms with van der Waals surface area (Å²) in [5, 5.41) is 18.8. The molecule has 0 bridgehead atoms. The van der Waals surface area contributed by atoms with Gasteiger partial charge in [-0.15, -0.1) is 11.3 Å². The Morgan fingerprint density at radius 1 is 1.15 bits per heavy atom. The van der Waals surface area contributed by atoms with Crippen molar-refractivity contribution in [3.8, 4) is 17.8 Å². The lowest BCUT2D eigenvalue weighted by atomic mass is 10.1. The first-order valence-corrected chi connectivity index (χ1v) is 9.82. The van der Waals surface area contributed by atoms with Gasteiger partial charge in [0.2, 0.25) is 0 Å². The fraction of sp³-hybridized carbons (Fsp3) is 0.0952. The van der Waals surface area contributed by atoms with Crippen molar-refractivity contribution in [2.45, 2.75) is 13.3 Å². The van der Waals surface area contributed by atoms with Crippen molar-refractivity contribution in [2.75, 3.05) is 0 Å². The van der Waals surface area contributed by atoms with E-state index in [4.69, 9.17) is 0 Å². The van der Waals surface area contributed by atoms with E-state index in [1.165, 1.54) is 4.57 Å². The minimum atomic E-state index is -0.241. The number of thiazole rings is 1. The molecule has 0 N–H and O–H groups in total. The minimum Gasteiger partial charge on any atom is -0.267 e. The maximum atomic E-state index is 13.2. The van der Waals surface area contributed by atoms with Crippen LogP contribution in [0.1, 0.15) is 18.1 Å². The van der Waals surface area contributed by atoms with E-state index in [1.54, 1.807) is 6.08 Å². The molecule has 4 nitrogen and oxygen atoms in total. The molecule has 0 saturated heterocycles. The van der Waals surface area contributed by atoms with E-state index in [-0.39, 0.29) is 11.1 Å². The molecule has 0 aliphatic carbocycles. The number of nitriles is 2. The van der Waals surface area contributed by atoms with Crippen molar-refractivity contribution in [2.24, 2.45) is 0 Å². The van der Waals surface area contributed by atoms with E-state index < -0.39 is 0 Å². The molecule has 3 aromatic rings. The zero-order valence-corrected chi connectivity index (χ0v) is 16.8. The molecule has 0 fully saturated rings. The molecular weight excluding hydrogens is 422 g/mol. The van der Waals surface area contributed by atoms with E-state index in [1.807, 2.05) is 67.6 Å². The van der Waals surface area contributed by atoms with Crippen molar-refractivity contribution >= 4 is 38.9 Å². The number of hydrogen-bond donors (Lipinski definition) is 0. The van der Waals surface area contributed by atoms with Gasteiger partial charge in [0.05, 0.1) is 10.2 Å². The summed E-state index contributed by atoms with van der Waals surface area (Å²) in [5.74, 6) is 0. The minimum absolute atomic E-state index is 0.0743. The van der Waals surface area contributed by atoms with E-state index in [0.29, 0.717) is 14.9 Å². The van der Waals surface area contributed by atoms with E-state index in [0.717, 1.165) is 33.4 Å². The second-order valence-corrected chi connectivity index (χ2v) is 7.54. The Morgan fingerprint density at radius 2 is 1.81 bits per heavy atom. The number of hydrogen-bond acceptors (Lipinski definition) is 4. The number of para-hydroxylation sites is 1. The number of nitrogens with zero attached hydrogens (tertiary/aromatic N) is 3. The van der Waals surface area contributed by atoms with Crippen molar-refractivity contribution < 1.29 is 0 Å². The number of aromatic nitrogens is 1.